The lowest BCUT2D eigenvalue weighted by Crippen LogP contribution is -2.46. The molecule has 1 saturated heterocycles. The minimum absolute atomic E-state index is 0.525. The maximum atomic E-state index is 11.1. The minimum atomic E-state index is -0.725. The summed E-state index contributed by atoms with van der Waals surface area (Å²) in [4.78, 5) is 13.1. The summed E-state index contributed by atoms with van der Waals surface area (Å²) in [5.41, 5.74) is 1.02. The molecular weight excluding hydrogens is 214 g/mol. The van der Waals surface area contributed by atoms with Gasteiger partial charge >= 0.3 is 5.97 Å². The van der Waals surface area contributed by atoms with Gasteiger partial charge in [0.1, 0.15) is 5.51 Å². The van der Waals surface area contributed by atoms with Crippen LogP contribution in [0.1, 0.15) is 19.8 Å². The standard InChI is InChI=1S/C9H13N3O2S/c1-9(7(13)14)3-2-4-12(5-9)8-11-10-6-15-8/h6H,2-5H2,1H3,(H,13,14). The van der Waals surface area contributed by atoms with E-state index in [1.807, 2.05) is 4.90 Å². The van der Waals surface area contributed by atoms with Crippen molar-refractivity contribution in [3.05, 3.63) is 5.51 Å². The molecule has 0 aliphatic carbocycles. The molecule has 1 aromatic rings. The Morgan fingerprint density at radius 1 is 1.73 bits per heavy atom. The predicted octanol–water partition coefficient (Wildman–Crippen LogP) is 1.23. The Bertz CT molecular complexity index is 354. The molecule has 2 heterocycles. The number of aliphatic carboxylic acids is 1. The van der Waals surface area contributed by atoms with Crippen molar-refractivity contribution in [2.75, 3.05) is 18.0 Å². The first kappa shape index (κ1) is 10.4. The normalized spacial score (nSPS) is 26.6. The van der Waals surface area contributed by atoms with E-state index < -0.39 is 11.4 Å². The van der Waals surface area contributed by atoms with Crippen molar-refractivity contribution in [2.24, 2.45) is 5.41 Å². The molecule has 0 radical (unpaired) electrons. The lowest BCUT2D eigenvalue weighted by Gasteiger charge is -2.37. The maximum Gasteiger partial charge on any atom is 0.311 e. The second-order valence-corrected chi connectivity index (χ2v) is 4.92. The molecular formula is C9H13N3O2S. The molecule has 0 saturated carbocycles. The molecule has 82 valence electrons. The van der Waals surface area contributed by atoms with Crippen LogP contribution in [0.2, 0.25) is 0 Å². The zero-order valence-electron chi connectivity index (χ0n) is 8.51. The van der Waals surface area contributed by atoms with E-state index in [4.69, 9.17) is 5.11 Å². The fourth-order valence-electron chi connectivity index (χ4n) is 1.88. The van der Waals surface area contributed by atoms with Gasteiger partial charge in [-0.1, -0.05) is 11.3 Å². The van der Waals surface area contributed by atoms with E-state index in [1.165, 1.54) is 11.3 Å². The van der Waals surface area contributed by atoms with Crippen molar-refractivity contribution in [2.45, 2.75) is 19.8 Å². The van der Waals surface area contributed by atoms with Crippen LogP contribution in [0.5, 0.6) is 0 Å². The van der Waals surface area contributed by atoms with Gasteiger partial charge in [0, 0.05) is 13.1 Å². The lowest BCUT2D eigenvalue weighted by molar-refractivity contribution is -0.148. The topological polar surface area (TPSA) is 66.3 Å². The summed E-state index contributed by atoms with van der Waals surface area (Å²) in [6.45, 7) is 3.19. The molecule has 1 fully saturated rings. The third-order valence-corrected chi connectivity index (χ3v) is 3.58. The molecule has 2 rings (SSSR count). The number of hydrogen-bond acceptors (Lipinski definition) is 5. The molecule has 1 atom stereocenters. The molecule has 0 amide bonds. The summed E-state index contributed by atoms with van der Waals surface area (Å²) in [6, 6.07) is 0. The summed E-state index contributed by atoms with van der Waals surface area (Å²) >= 11 is 1.45. The van der Waals surface area contributed by atoms with Gasteiger partial charge in [-0.05, 0) is 19.8 Å². The average Bonchev–Trinajstić information content (AvgIpc) is 2.70. The summed E-state index contributed by atoms with van der Waals surface area (Å²) in [7, 11) is 0. The van der Waals surface area contributed by atoms with Crippen LogP contribution < -0.4 is 4.90 Å². The van der Waals surface area contributed by atoms with E-state index in [2.05, 4.69) is 10.2 Å². The lowest BCUT2D eigenvalue weighted by atomic mass is 9.82. The maximum absolute atomic E-state index is 11.1. The largest absolute Gasteiger partial charge is 0.481 e. The Kier molecular flexibility index (Phi) is 2.60. The van der Waals surface area contributed by atoms with Crippen molar-refractivity contribution in [3.8, 4) is 0 Å². The highest BCUT2D eigenvalue weighted by Gasteiger charge is 2.38. The quantitative estimate of drug-likeness (QED) is 0.823. The second kappa shape index (κ2) is 3.77. The van der Waals surface area contributed by atoms with Crippen LogP contribution >= 0.6 is 11.3 Å². The van der Waals surface area contributed by atoms with Crippen LogP contribution in [0.25, 0.3) is 0 Å². The van der Waals surface area contributed by atoms with Crippen LogP contribution in [0.4, 0.5) is 5.13 Å². The zero-order valence-corrected chi connectivity index (χ0v) is 9.33. The first-order valence-electron chi connectivity index (χ1n) is 4.86. The van der Waals surface area contributed by atoms with E-state index in [9.17, 15) is 4.79 Å². The van der Waals surface area contributed by atoms with Gasteiger partial charge in [0.15, 0.2) is 0 Å². The van der Waals surface area contributed by atoms with Gasteiger partial charge in [-0.25, -0.2) is 0 Å². The van der Waals surface area contributed by atoms with Gasteiger partial charge in [-0.2, -0.15) is 0 Å². The monoisotopic (exact) mass is 227 g/mol. The molecule has 1 N–H and O–H groups in total. The molecule has 5 nitrogen and oxygen atoms in total. The molecule has 15 heavy (non-hydrogen) atoms. The number of carbonyl (C=O) groups is 1. The van der Waals surface area contributed by atoms with Gasteiger partial charge in [-0.3, -0.25) is 4.79 Å². The van der Waals surface area contributed by atoms with Gasteiger partial charge in [0.2, 0.25) is 5.13 Å². The predicted molar refractivity (Wildman–Crippen MR) is 57.1 cm³/mol. The van der Waals surface area contributed by atoms with Crippen LogP contribution in [0.3, 0.4) is 0 Å². The zero-order chi connectivity index (χ0) is 10.9. The van der Waals surface area contributed by atoms with Crippen molar-refractivity contribution in [1.82, 2.24) is 10.2 Å². The number of hydrogen-bond donors (Lipinski definition) is 1. The smallest absolute Gasteiger partial charge is 0.311 e. The highest BCUT2D eigenvalue weighted by atomic mass is 32.1. The van der Waals surface area contributed by atoms with E-state index in [1.54, 1.807) is 12.4 Å². The Hall–Kier alpha value is -1.17. The Balaban J connectivity index is 2.14. The fourth-order valence-corrected chi connectivity index (χ4v) is 2.47. The Morgan fingerprint density at radius 2 is 2.53 bits per heavy atom. The first-order chi connectivity index (χ1) is 7.12. The number of aromatic nitrogens is 2. The summed E-state index contributed by atoms with van der Waals surface area (Å²) < 4.78 is 0. The average molecular weight is 227 g/mol. The molecule has 0 spiro atoms. The van der Waals surface area contributed by atoms with E-state index in [-0.39, 0.29) is 0 Å². The van der Waals surface area contributed by atoms with Crippen molar-refractivity contribution in [1.29, 1.82) is 0 Å². The number of anilines is 1. The third kappa shape index (κ3) is 1.94. The van der Waals surface area contributed by atoms with Crippen molar-refractivity contribution < 1.29 is 9.90 Å². The van der Waals surface area contributed by atoms with Crippen LogP contribution in [0.15, 0.2) is 5.51 Å². The number of nitrogens with zero attached hydrogens (tertiary/aromatic N) is 3. The number of carboxylic acid groups (broad SMARTS) is 1. The molecule has 6 heteroatoms. The van der Waals surface area contributed by atoms with Crippen molar-refractivity contribution in [3.63, 3.8) is 0 Å². The summed E-state index contributed by atoms with van der Waals surface area (Å²) in [5, 5.41) is 17.7. The number of rotatable bonds is 2. The number of carboxylic acids is 1. The van der Waals surface area contributed by atoms with E-state index >= 15 is 0 Å². The molecule has 0 bridgehead atoms. The molecule has 1 aromatic heterocycles. The van der Waals surface area contributed by atoms with Gasteiger partial charge in [-0.15, -0.1) is 10.2 Å². The van der Waals surface area contributed by atoms with Crippen LogP contribution in [-0.2, 0) is 4.79 Å². The molecule has 1 aliphatic heterocycles. The summed E-state index contributed by atoms with van der Waals surface area (Å²) in [6.07, 6.45) is 1.63. The van der Waals surface area contributed by atoms with Gasteiger partial charge < -0.3 is 10.0 Å². The summed E-state index contributed by atoms with van der Waals surface area (Å²) in [5.74, 6) is -0.725. The van der Waals surface area contributed by atoms with Gasteiger partial charge in [0.05, 0.1) is 5.41 Å². The Morgan fingerprint density at radius 3 is 3.13 bits per heavy atom. The van der Waals surface area contributed by atoms with E-state index in [0.29, 0.717) is 6.54 Å². The first-order valence-corrected chi connectivity index (χ1v) is 5.74. The second-order valence-electron chi connectivity index (χ2n) is 4.11. The van der Waals surface area contributed by atoms with Crippen LogP contribution in [-0.4, -0.2) is 34.4 Å². The highest BCUT2D eigenvalue weighted by molar-refractivity contribution is 7.13. The highest BCUT2D eigenvalue weighted by Crippen LogP contribution is 2.32. The molecule has 0 aromatic carbocycles. The van der Waals surface area contributed by atoms with Crippen molar-refractivity contribution >= 4 is 22.4 Å². The SMILES string of the molecule is CC1(C(=O)O)CCCN(c2nncs2)C1. The van der Waals surface area contributed by atoms with E-state index in [0.717, 1.165) is 24.5 Å². The number of piperidine rings is 1. The van der Waals surface area contributed by atoms with Crippen LogP contribution in [0, 0.1) is 5.41 Å². The molecule has 1 aliphatic rings. The third-order valence-electron chi connectivity index (χ3n) is 2.83. The van der Waals surface area contributed by atoms with Gasteiger partial charge in [0.25, 0.3) is 0 Å². The Labute approximate surface area is 91.7 Å². The minimum Gasteiger partial charge on any atom is -0.481 e. The fraction of sp³-hybridized carbons (Fsp3) is 0.667. The molecule has 1 unspecified atom stereocenters.